The number of likely N-dealkylation sites (tertiary alicyclic amines) is 1. The summed E-state index contributed by atoms with van der Waals surface area (Å²) in [6.45, 7) is 0.489. The van der Waals surface area contributed by atoms with Crippen molar-refractivity contribution in [2.75, 3.05) is 19.3 Å². The third kappa shape index (κ3) is 3.94. The number of fused-ring (bicyclic) bond motifs is 1. The second-order valence-electron chi connectivity index (χ2n) is 8.91. The molecule has 3 N–H and O–H groups in total. The Morgan fingerprint density at radius 3 is 2.70 bits per heavy atom. The van der Waals surface area contributed by atoms with Crippen molar-refractivity contribution in [3.05, 3.63) is 41.5 Å². The SMILES string of the molecule is [B]c1nc(N)c2nc(-c3cccc(C#C[C@]4(O)CCN(C)C4=O)c3)cc(C3CCCC3)c2n1. The van der Waals surface area contributed by atoms with Crippen LogP contribution in [0.4, 0.5) is 5.82 Å². The first kappa shape index (κ1) is 21.4. The number of likely N-dealkylation sites (N-methyl/N-ethyl adjacent to an activating group) is 1. The predicted molar refractivity (Wildman–Crippen MR) is 128 cm³/mol. The molecule has 8 heteroatoms. The van der Waals surface area contributed by atoms with E-state index in [1.165, 1.54) is 17.7 Å². The number of anilines is 1. The lowest BCUT2D eigenvalue weighted by Crippen LogP contribution is -2.37. The van der Waals surface area contributed by atoms with Gasteiger partial charge in [-0.05, 0) is 42.5 Å². The topological polar surface area (TPSA) is 105 Å². The smallest absolute Gasteiger partial charge is 0.267 e. The number of aromatic nitrogens is 3. The maximum Gasteiger partial charge on any atom is 0.267 e. The minimum atomic E-state index is -1.63. The number of benzene rings is 1. The standard InChI is InChI=1S/C25H24BN5O2/c1-31-12-11-25(33,23(31)32)10-9-15-5-4-8-17(13-15)19-14-18(16-6-2-3-7-16)20-21(28-19)22(27)30-24(26)29-20/h4-5,8,13-14,16,33H,2-3,6-7,11-12H2,1H3,(H2,27,29,30)/t25-/m0/s1. The fourth-order valence-electron chi connectivity index (χ4n) is 4.77. The van der Waals surface area contributed by atoms with Crippen LogP contribution in [0, 0.1) is 11.8 Å². The Morgan fingerprint density at radius 1 is 1.18 bits per heavy atom. The molecule has 1 aliphatic heterocycles. The third-order valence-corrected chi connectivity index (χ3v) is 6.60. The van der Waals surface area contributed by atoms with Crippen LogP contribution in [0.3, 0.4) is 0 Å². The lowest BCUT2D eigenvalue weighted by Gasteiger charge is -2.16. The molecular formula is C25H24BN5O2. The van der Waals surface area contributed by atoms with Crippen molar-refractivity contribution in [3.8, 4) is 23.1 Å². The predicted octanol–water partition coefficient (Wildman–Crippen LogP) is 1.67. The van der Waals surface area contributed by atoms with E-state index in [1.807, 2.05) is 24.3 Å². The molecule has 7 nitrogen and oxygen atoms in total. The molecule has 5 rings (SSSR count). The molecule has 2 radical (unpaired) electrons. The molecule has 2 aliphatic rings. The van der Waals surface area contributed by atoms with Gasteiger partial charge in [-0.3, -0.25) is 4.79 Å². The van der Waals surface area contributed by atoms with E-state index in [0.717, 1.165) is 35.2 Å². The molecule has 0 bridgehead atoms. The van der Waals surface area contributed by atoms with Gasteiger partial charge in [-0.2, -0.15) is 0 Å². The maximum absolute atomic E-state index is 12.2. The zero-order valence-electron chi connectivity index (χ0n) is 18.5. The van der Waals surface area contributed by atoms with Crippen LogP contribution in [0.25, 0.3) is 22.3 Å². The Hall–Kier alpha value is -3.44. The van der Waals surface area contributed by atoms with Gasteiger partial charge in [0.2, 0.25) is 5.60 Å². The molecule has 0 spiro atoms. The van der Waals surface area contributed by atoms with Crippen LogP contribution in [0.2, 0.25) is 0 Å². The molecule has 2 fully saturated rings. The second-order valence-corrected chi connectivity index (χ2v) is 8.91. The van der Waals surface area contributed by atoms with Crippen LogP contribution in [-0.4, -0.2) is 57.9 Å². The third-order valence-electron chi connectivity index (χ3n) is 6.60. The van der Waals surface area contributed by atoms with Gasteiger partial charge in [0, 0.05) is 31.1 Å². The number of amides is 1. The molecule has 1 aliphatic carbocycles. The van der Waals surface area contributed by atoms with Crippen molar-refractivity contribution >= 4 is 36.3 Å². The second kappa shape index (κ2) is 8.16. The number of carbonyl (C=O) groups is 1. The van der Waals surface area contributed by atoms with E-state index < -0.39 is 5.60 Å². The molecule has 164 valence electrons. The van der Waals surface area contributed by atoms with Crippen LogP contribution in [-0.2, 0) is 4.79 Å². The maximum atomic E-state index is 12.2. The van der Waals surface area contributed by atoms with E-state index >= 15 is 0 Å². The highest BCUT2D eigenvalue weighted by Crippen LogP contribution is 2.39. The average Bonchev–Trinajstić information content (AvgIpc) is 3.43. The number of hydrogen-bond donors (Lipinski definition) is 2. The first-order valence-corrected chi connectivity index (χ1v) is 11.2. The molecule has 1 atom stereocenters. The summed E-state index contributed by atoms with van der Waals surface area (Å²) in [5, 5.41) is 10.6. The van der Waals surface area contributed by atoms with Gasteiger partial charge >= 0.3 is 0 Å². The minimum absolute atomic E-state index is 0.149. The molecule has 1 amide bonds. The average molecular weight is 437 g/mol. The van der Waals surface area contributed by atoms with E-state index in [2.05, 4.69) is 27.9 Å². The van der Waals surface area contributed by atoms with Gasteiger partial charge in [-0.1, -0.05) is 36.8 Å². The summed E-state index contributed by atoms with van der Waals surface area (Å²) in [7, 11) is 7.55. The molecule has 1 saturated carbocycles. The van der Waals surface area contributed by atoms with Crippen molar-refractivity contribution < 1.29 is 9.90 Å². The highest BCUT2D eigenvalue weighted by atomic mass is 16.3. The molecule has 1 aromatic carbocycles. The molecule has 0 unspecified atom stereocenters. The summed E-state index contributed by atoms with van der Waals surface area (Å²) < 4.78 is 0. The number of nitrogens with two attached hydrogens (primary N) is 1. The number of aliphatic hydroxyl groups is 1. The Bertz CT molecular complexity index is 1330. The highest BCUT2D eigenvalue weighted by Gasteiger charge is 2.42. The molecule has 3 aromatic rings. The van der Waals surface area contributed by atoms with Crippen LogP contribution in [0.15, 0.2) is 30.3 Å². The van der Waals surface area contributed by atoms with Crippen molar-refractivity contribution in [1.29, 1.82) is 0 Å². The van der Waals surface area contributed by atoms with E-state index in [-0.39, 0.29) is 17.4 Å². The summed E-state index contributed by atoms with van der Waals surface area (Å²) in [6, 6.07) is 9.66. The van der Waals surface area contributed by atoms with Gasteiger partial charge in [0.1, 0.15) is 5.52 Å². The van der Waals surface area contributed by atoms with Crippen molar-refractivity contribution in [2.45, 2.75) is 43.6 Å². The molecular weight excluding hydrogens is 413 g/mol. The van der Waals surface area contributed by atoms with Gasteiger partial charge in [0.15, 0.2) is 13.7 Å². The number of nitrogen functional groups attached to an aromatic ring is 1. The van der Waals surface area contributed by atoms with Gasteiger partial charge in [0.25, 0.3) is 5.91 Å². The fraction of sp³-hybridized carbons (Fsp3) is 0.360. The highest BCUT2D eigenvalue weighted by molar-refractivity contribution is 6.29. The van der Waals surface area contributed by atoms with E-state index in [9.17, 15) is 9.90 Å². The van der Waals surface area contributed by atoms with Gasteiger partial charge in [-0.15, -0.1) is 0 Å². The Balaban J connectivity index is 1.58. The van der Waals surface area contributed by atoms with Crippen LogP contribution in [0.1, 0.15) is 49.1 Å². The normalized spacial score (nSPS) is 20.9. The van der Waals surface area contributed by atoms with Gasteiger partial charge in [-0.25, -0.2) is 15.0 Å². The first-order chi connectivity index (χ1) is 15.8. The Labute approximate surface area is 193 Å². The van der Waals surface area contributed by atoms with Gasteiger partial charge < -0.3 is 15.7 Å². The Morgan fingerprint density at radius 2 is 1.97 bits per heavy atom. The monoisotopic (exact) mass is 437 g/mol. The van der Waals surface area contributed by atoms with Crippen molar-refractivity contribution in [3.63, 3.8) is 0 Å². The number of hydrogen-bond acceptors (Lipinski definition) is 6. The van der Waals surface area contributed by atoms with Crippen molar-refractivity contribution in [1.82, 2.24) is 19.9 Å². The van der Waals surface area contributed by atoms with E-state index in [4.69, 9.17) is 18.6 Å². The summed E-state index contributed by atoms with van der Waals surface area (Å²) in [6.07, 6.45) is 4.85. The molecule has 3 heterocycles. The number of nitrogens with zero attached hydrogens (tertiary/aromatic N) is 4. The number of carbonyl (C=O) groups excluding carboxylic acids is 1. The van der Waals surface area contributed by atoms with Crippen LogP contribution >= 0.6 is 0 Å². The summed E-state index contributed by atoms with van der Waals surface area (Å²) in [5.41, 5.74) is 9.37. The van der Waals surface area contributed by atoms with Crippen molar-refractivity contribution in [2.24, 2.45) is 0 Å². The largest absolute Gasteiger partial charge is 0.382 e. The van der Waals surface area contributed by atoms with Crippen LogP contribution in [0.5, 0.6) is 0 Å². The number of pyridine rings is 1. The summed E-state index contributed by atoms with van der Waals surface area (Å²) in [4.78, 5) is 27.1. The zero-order chi connectivity index (χ0) is 23.2. The number of rotatable bonds is 2. The summed E-state index contributed by atoms with van der Waals surface area (Å²) in [5.74, 6) is 6.03. The van der Waals surface area contributed by atoms with Gasteiger partial charge in [0.05, 0.1) is 16.9 Å². The minimum Gasteiger partial charge on any atom is -0.382 e. The van der Waals surface area contributed by atoms with Crippen LogP contribution < -0.4 is 11.5 Å². The lowest BCUT2D eigenvalue weighted by atomic mass is 9.94. The lowest BCUT2D eigenvalue weighted by molar-refractivity contribution is -0.137. The first-order valence-electron chi connectivity index (χ1n) is 11.2. The van der Waals surface area contributed by atoms with E-state index in [0.29, 0.717) is 30.0 Å². The summed E-state index contributed by atoms with van der Waals surface area (Å²) >= 11 is 0. The molecule has 2 aromatic heterocycles. The van der Waals surface area contributed by atoms with E-state index in [1.54, 1.807) is 7.05 Å². The quantitative estimate of drug-likeness (QED) is 0.467. The zero-order valence-corrected chi connectivity index (χ0v) is 18.5. The Kier molecular flexibility index (Phi) is 5.30. The fourth-order valence-corrected chi connectivity index (χ4v) is 4.77. The molecule has 33 heavy (non-hydrogen) atoms. The molecule has 1 saturated heterocycles.